The molecule has 2 aromatic rings. The Morgan fingerprint density at radius 3 is 2.47 bits per heavy atom. The molecule has 0 aliphatic rings. The SMILES string of the molecule is CNCc1oc2c(C(C)(C)C)cc(OC)cc2c1C. The van der Waals surface area contributed by atoms with E-state index in [0.717, 1.165) is 29.0 Å². The molecule has 0 fully saturated rings. The van der Waals surface area contributed by atoms with E-state index in [-0.39, 0.29) is 5.41 Å². The Hall–Kier alpha value is -1.48. The maximum absolute atomic E-state index is 6.08. The van der Waals surface area contributed by atoms with E-state index in [1.165, 1.54) is 11.1 Å². The molecule has 0 radical (unpaired) electrons. The Morgan fingerprint density at radius 2 is 1.95 bits per heavy atom. The van der Waals surface area contributed by atoms with Crippen LogP contribution in [0.2, 0.25) is 0 Å². The first-order valence-electron chi connectivity index (χ1n) is 6.63. The van der Waals surface area contributed by atoms with Crippen molar-refractivity contribution in [2.45, 2.75) is 39.7 Å². The molecule has 3 nitrogen and oxygen atoms in total. The lowest BCUT2D eigenvalue weighted by Gasteiger charge is -2.20. The molecule has 1 N–H and O–H groups in total. The number of benzene rings is 1. The summed E-state index contributed by atoms with van der Waals surface area (Å²) in [5.41, 5.74) is 3.38. The molecule has 0 saturated heterocycles. The van der Waals surface area contributed by atoms with Crippen molar-refractivity contribution in [3.8, 4) is 5.75 Å². The van der Waals surface area contributed by atoms with Gasteiger partial charge in [0.05, 0.1) is 13.7 Å². The summed E-state index contributed by atoms with van der Waals surface area (Å²) < 4.78 is 11.5. The van der Waals surface area contributed by atoms with Crippen LogP contribution in [0, 0.1) is 6.92 Å². The van der Waals surface area contributed by atoms with Gasteiger partial charge in [-0.1, -0.05) is 20.8 Å². The van der Waals surface area contributed by atoms with Crippen LogP contribution in [0.15, 0.2) is 16.5 Å². The first-order valence-corrected chi connectivity index (χ1v) is 6.63. The monoisotopic (exact) mass is 261 g/mol. The molecule has 3 heteroatoms. The second-order valence-corrected chi connectivity index (χ2v) is 5.98. The van der Waals surface area contributed by atoms with Gasteiger partial charge in [0.25, 0.3) is 0 Å². The van der Waals surface area contributed by atoms with Gasteiger partial charge >= 0.3 is 0 Å². The molecule has 0 bridgehead atoms. The lowest BCUT2D eigenvalue weighted by Crippen LogP contribution is -2.11. The molecule has 0 aliphatic heterocycles. The van der Waals surface area contributed by atoms with E-state index in [1.54, 1.807) is 7.11 Å². The van der Waals surface area contributed by atoms with Crippen molar-refractivity contribution >= 4 is 11.0 Å². The summed E-state index contributed by atoms with van der Waals surface area (Å²) in [5, 5.41) is 4.30. The van der Waals surface area contributed by atoms with Gasteiger partial charge in [-0.05, 0) is 37.1 Å². The fraction of sp³-hybridized carbons (Fsp3) is 0.500. The summed E-state index contributed by atoms with van der Waals surface area (Å²) in [5.74, 6) is 1.88. The third-order valence-electron chi connectivity index (χ3n) is 3.49. The fourth-order valence-electron chi connectivity index (χ4n) is 2.34. The Labute approximate surface area is 114 Å². The molecule has 0 saturated carbocycles. The second-order valence-electron chi connectivity index (χ2n) is 5.98. The number of furan rings is 1. The number of nitrogens with one attached hydrogen (secondary N) is 1. The van der Waals surface area contributed by atoms with Gasteiger partial charge in [-0.15, -0.1) is 0 Å². The number of hydrogen-bond donors (Lipinski definition) is 1. The van der Waals surface area contributed by atoms with Crippen molar-refractivity contribution in [2.75, 3.05) is 14.2 Å². The maximum atomic E-state index is 6.08. The predicted molar refractivity (Wildman–Crippen MR) is 79.0 cm³/mol. The largest absolute Gasteiger partial charge is 0.497 e. The molecular weight excluding hydrogens is 238 g/mol. The highest BCUT2D eigenvalue weighted by Crippen LogP contribution is 2.37. The number of aryl methyl sites for hydroxylation is 1. The molecule has 0 aliphatic carbocycles. The van der Waals surface area contributed by atoms with E-state index in [0.29, 0.717) is 0 Å². The molecule has 0 amide bonds. The zero-order valence-corrected chi connectivity index (χ0v) is 12.7. The molecule has 1 aromatic carbocycles. The normalized spacial score (nSPS) is 12.1. The maximum Gasteiger partial charge on any atom is 0.138 e. The number of fused-ring (bicyclic) bond motifs is 1. The first kappa shape index (κ1) is 13.9. The van der Waals surface area contributed by atoms with Gasteiger partial charge in [0.2, 0.25) is 0 Å². The van der Waals surface area contributed by atoms with Crippen molar-refractivity contribution in [2.24, 2.45) is 0 Å². The van der Waals surface area contributed by atoms with Crippen LogP contribution >= 0.6 is 0 Å². The average molecular weight is 261 g/mol. The third kappa shape index (κ3) is 2.47. The molecule has 104 valence electrons. The van der Waals surface area contributed by atoms with Crippen LogP contribution in [0.4, 0.5) is 0 Å². The molecule has 19 heavy (non-hydrogen) atoms. The van der Waals surface area contributed by atoms with E-state index in [2.05, 4.69) is 45.1 Å². The van der Waals surface area contributed by atoms with E-state index < -0.39 is 0 Å². The number of rotatable bonds is 3. The van der Waals surface area contributed by atoms with Crippen molar-refractivity contribution in [3.63, 3.8) is 0 Å². The molecule has 0 atom stereocenters. The van der Waals surface area contributed by atoms with Gasteiger partial charge in [0.1, 0.15) is 17.1 Å². The molecular formula is C16H23NO2. The highest BCUT2D eigenvalue weighted by atomic mass is 16.5. The minimum absolute atomic E-state index is 0.0218. The van der Waals surface area contributed by atoms with Crippen LogP contribution in [-0.4, -0.2) is 14.2 Å². The predicted octanol–water partition coefficient (Wildman–Crippen LogP) is 3.77. The van der Waals surface area contributed by atoms with Crippen molar-refractivity contribution in [3.05, 3.63) is 29.0 Å². The lowest BCUT2D eigenvalue weighted by molar-refractivity contribution is 0.413. The number of hydrogen-bond acceptors (Lipinski definition) is 3. The summed E-state index contributed by atoms with van der Waals surface area (Å²) in [6, 6.07) is 4.14. The Bertz CT molecular complexity index is 591. The first-order chi connectivity index (χ1) is 8.88. The van der Waals surface area contributed by atoms with Gasteiger partial charge in [0.15, 0.2) is 0 Å². The summed E-state index contributed by atoms with van der Waals surface area (Å²) in [6.07, 6.45) is 0. The zero-order chi connectivity index (χ0) is 14.2. The molecule has 2 rings (SSSR count). The summed E-state index contributed by atoms with van der Waals surface area (Å²) in [6.45, 7) is 9.42. The van der Waals surface area contributed by atoms with Crippen molar-refractivity contribution in [1.29, 1.82) is 0 Å². The van der Waals surface area contributed by atoms with E-state index >= 15 is 0 Å². The minimum atomic E-state index is 0.0218. The van der Waals surface area contributed by atoms with E-state index in [1.807, 2.05) is 7.05 Å². The van der Waals surface area contributed by atoms with Crippen LogP contribution in [0.3, 0.4) is 0 Å². The van der Waals surface area contributed by atoms with Crippen LogP contribution < -0.4 is 10.1 Å². The highest BCUT2D eigenvalue weighted by Gasteiger charge is 2.23. The van der Waals surface area contributed by atoms with Gasteiger partial charge < -0.3 is 14.5 Å². The molecule has 0 unspecified atom stereocenters. The zero-order valence-electron chi connectivity index (χ0n) is 12.7. The van der Waals surface area contributed by atoms with Gasteiger partial charge in [-0.25, -0.2) is 0 Å². The minimum Gasteiger partial charge on any atom is -0.497 e. The lowest BCUT2D eigenvalue weighted by atomic mass is 9.85. The quantitative estimate of drug-likeness (QED) is 0.913. The Morgan fingerprint density at radius 1 is 1.26 bits per heavy atom. The summed E-state index contributed by atoms with van der Waals surface area (Å²) in [4.78, 5) is 0. The van der Waals surface area contributed by atoms with Crippen molar-refractivity contribution < 1.29 is 9.15 Å². The molecule has 1 aromatic heterocycles. The van der Waals surface area contributed by atoms with Gasteiger partial charge in [0, 0.05) is 10.9 Å². The van der Waals surface area contributed by atoms with E-state index in [4.69, 9.17) is 9.15 Å². The number of ether oxygens (including phenoxy) is 1. The molecule has 0 spiro atoms. The van der Waals surface area contributed by atoms with Crippen LogP contribution in [0.25, 0.3) is 11.0 Å². The van der Waals surface area contributed by atoms with Crippen LogP contribution in [-0.2, 0) is 12.0 Å². The standard InChI is InChI=1S/C16H23NO2/c1-10-12-7-11(18-6)8-13(16(2,3)4)15(12)19-14(10)9-17-5/h7-8,17H,9H2,1-6H3. The van der Waals surface area contributed by atoms with Gasteiger partial charge in [-0.2, -0.15) is 0 Å². The van der Waals surface area contributed by atoms with Crippen molar-refractivity contribution in [1.82, 2.24) is 5.32 Å². The fourth-order valence-corrected chi connectivity index (χ4v) is 2.34. The number of methoxy groups -OCH3 is 1. The highest BCUT2D eigenvalue weighted by molar-refractivity contribution is 5.87. The Balaban J connectivity index is 2.76. The topological polar surface area (TPSA) is 34.4 Å². The van der Waals surface area contributed by atoms with Crippen LogP contribution in [0.5, 0.6) is 5.75 Å². The van der Waals surface area contributed by atoms with E-state index in [9.17, 15) is 0 Å². The third-order valence-corrected chi connectivity index (χ3v) is 3.49. The van der Waals surface area contributed by atoms with Gasteiger partial charge in [-0.3, -0.25) is 0 Å². The molecule has 1 heterocycles. The summed E-state index contributed by atoms with van der Waals surface area (Å²) in [7, 11) is 3.63. The summed E-state index contributed by atoms with van der Waals surface area (Å²) >= 11 is 0. The smallest absolute Gasteiger partial charge is 0.138 e. The van der Waals surface area contributed by atoms with Crippen LogP contribution in [0.1, 0.15) is 37.7 Å². The second kappa shape index (κ2) is 4.89. The average Bonchev–Trinajstić information content (AvgIpc) is 2.65. The Kier molecular flexibility index (Phi) is 3.59.